The lowest BCUT2D eigenvalue weighted by Crippen LogP contribution is -1.88. The van der Waals surface area contributed by atoms with Gasteiger partial charge in [0.15, 0.2) is 0 Å². The number of hydrogen-bond donors (Lipinski definition) is 2. The molecule has 0 aliphatic rings. The first-order valence-electron chi connectivity index (χ1n) is 3.52. The van der Waals surface area contributed by atoms with Crippen LogP contribution in [0.4, 0.5) is 0 Å². The highest BCUT2D eigenvalue weighted by molar-refractivity contribution is 7.39. The van der Waals surface area contributed by atoms with Gasteiger partial charge in [-0.25, -0.2) is 0 Å². The van der Waals surface area contributed by atoms with Gasteiger partial charge in [0.05, 0.1) is 0 Å². The molecule has 12 heavy (non-hydrogen) atoms. The first-order chi connectivity index (χ1) is 5.59. The van der Waals surface area contributed by atoms with E-state index >= 15 is 0 Å². The topological polar surface area (TPSA) is 49.7 Å². The molecular formula is C8H11O3P. The van der Waals surface area contributed by atoms with Crippen LogP contribution in [0.1, 0.15) is 11.1 Å². The molecule has 1 rings (SSSR count). The summed E-state index contributed by atoms with van der Waals surface area (Å²) in [6.45, 7) is 3.83. The predicted molar refractivity (Wildman–Crippen MR) is 47.9 cm³/mol. The van der Waals surface area contributed by atoms with Crippen LogP contribution in [-0.2, 0) is 0 Å². The molecule has 1 aromatic rings. The lowest BCUT2D eigenvalue weighted by atomic mass is 10.1. The highest BCUT2D eigenvalue weighted by Gasteiger charge is 2.04. The van der Waals surface area contributed by atoms with Crippen molar-refractivity contribution in [3.05, 3.63) is 29.3 Å². The van der Waals surface area contributed by atoms with E-state index in [0.717, 1.165) is 11.1 Å². The van der Waals surface area contributed by atoms with E-state index < -0.39 is 8.60 Å². The number of benzene rings is 1. The summed E-state index contributed by atoms with van der Waals surface area (Å²) in [6, 6.07) is 5.52. The number of aryl methyl sites for hydroxylation is 2. The summed E-state index contributed by atoms with van der Waals surface area (Å²) >= 11 is 0. The molecule has 0 aliphatic carbocycles. The van der Waals surface area contributed by atoms with Gasteiger partial charge < -0.3 is 14.3 Å². The zero-order valence-corrected chi connectivity index (χ0v) is 7.88. The van der Waals surface area contributed by atoms with Crippen molar-refractivity contribution in [2.24, 2.45) is 0 Å². The van der Waals surface area contributed by atoms with Crippen molar-refractivity contribution in [3.63, 3.8) is 0 Å². The van der Waals surface area contributed by atoms with Crippen molar-refractivity contribution >= 4 is 8.60 Å². The monoisotopic (exact) mass is 186 g/mol. The van der Waals surface area contributed by atoms with Gasteiger partial charge in [0.2, 0.25) is 0 Å². The maximum absolute atomic E-state index is 8.60. The second kappa shape index (κ2) is 3.85. The molecule has 0 bridgehead atoms. The molecule has 1 aromatic carbocycles. The van der Waals surface area contributed by atoms with Gasteiger partial charge >= 0.3 is 8.60 Å². The zero-order valence-electron chi connectivity index (χ0n) is 6.98. The highest BCUT2D eigenvalue weighted by Crippen LogP contribution is 2.31. The van der Waals surface area contributed by atoms with Crippen molar-refractivity contribution in [2.75, 3.05) is 0 Å². The minimum Gasteiger partial charge on any atom is -0.427 e. The summed E-state index contributed by atoms with van der Waals surface area (Å²) in [7, 11) is -2.30. The average Bonchev–Trinajstić information content (AvgIpc) is 1.94. The van der Waals surface area contributed by atoms with Crippen LogP contribution < -0.4 is 4.52 Å². The van der Waals surface area contributed by atoms with Crippen LogP contribution in [0, 0.1) is 13.8 Å². The summed E-state index contributed by atoms with van der Waals surface area (Å²) < 4.78 is 4.78. The third-order valence-corrected chi connectivity index (χ3v) is 1.87. The van der Waals surface area contributed by atoms with Crippen LogP contribution in [0.25, 0.3) is 0 Å². The highest BCUT2D eigenvalue weighted by atomic mass is 31.2. The molecule has 0 spiro atoms. The Morgan fingerprint density at radius 2 is 1.92 bits per heavy atom. The number of rotatable bonds is 2. The molecule has 0 aliphatic heterocycles. The quantitative estimate of drug-likeness (QED) is 0.693. The summed E-state index contributed by atoms with van der Waals surface area (Å²) in [5, 5.41) is 0. The van der Waals surface area contributed by atoms with Crippen LogP contribution >= 0.6 is 8.60 Å². The SMILES string of the molecule is Cc1ccc(OP(O)O)c(C)c1. The number of hydrogen-bond acceptors (Lipinski definition) is 3. The van der Waals surface area contributed by atoms with Gasteiger partial charge in [-0.2, -0.15) is 0 Å². The molecule has 0 saturated carbocycles. The van der Waals surface area contributed by atoms with E-state index in [1.54, 1.807) is 6.07 Å². The molecule has 4 heteroatoms. The Balaban J connectivity index is 2.86. The molecule has 0 unspecified atom stereocenters. The lowest BCUT2D eigenvalue weighted by molar-refractivity contribution is 0.374. The molecule has 0 fully saturated rings. The average molecular weight is 186 g/mol. The van der Waals surface area contributed by atoms with E-state index in [1.807, 2.05) is 26.0 Å². The van der Waals surface area contributed by atoms with E-state index in [2.05, 4.69) is 0 Å². The van der Waals surface area contributed by atoms with Crippen LogP contribution in [0.2, 0.25) is 0 Å². The minimum absolute atomic E-state index is 0.525. The van der Waals surface area contributed by atoms with Crippen LogP contribution in [-0.4, -0.2) is 9.79 Å². The zero-order chi connectivity index (χ0) is 9.14. The van der Waals surface area contributed by atoms with Crippen molar-refractivity contribution in [1.29, 1.82) is 0 Å². The Hall–Kier alpha value is -0.630. The third-order valence-electron chi connectivity index (χ3n) is 1.51. The van der Waals surface area contributed by atoms with Gasteiger partial charge in [0, 0.05) is 0 Å². The van der Waals surface area contributed by atoms with Crippen molar-refractivity contribution < 1.29 is 14.3 Å². The molecule has 0 atom stereocenters. The normalized spacial score (nSPS) is 10.4. The fourth-order valence-corrected chi connectivity index (χ4v) is 1.37. The van der Waals surface area contributed by atoms with Crippen LogP contribution in [0.3, 0.4) is 0 Å². The molecule has 0 radical (unpaired) electrons. The maximum atomic E-state index is 8.60. The van der Waals surface area contributed by atoms with Gasteiger partial charge in [-0.3, -0.25) is 0 Å². The molecule has 0 amide bonds. The summed E-state index contributed by atoms with van der Waals surface area (Å²) in [6.07, 6.45) is 0. The smallest absolute Gasteiger partial charge is 0.391 e. The van der Waals surface area contributed by atoms with Crippen molar-refractivity contribution in [1.82, 2.24) is 0 Å². The van der Waals surface area contributed by atoms with Crippen LogP contribution in [0.5, 0.6) is 5.75 Å². The van der Waals surface area contributed by atoms with Crippen molar-refractivity contribution in [2.45, 2.75) is 13.8 Å². The van der Waals surface area contributed by atoms with E-state index in [-0.39, 0.29) is 0 Å². The van der Waals surface area contributed by atoms with E-state index in [0.29, 0.717) is 5.75 Å². The third kappa shape index (κ3) is 2.45. The second-order valence-electron chi connectivity index (χ2n) is 2.61. The summed E-state index contributed by atoms with van der Waals surface area (Å²) in [4.78, 5) is 17.2. The Morgan fingerprint density at radius 1 is 1.25 bits per heavy atom. The summed E-state index contributed by atoms with van der Waals surface area (Å²) in [5.74, 6) is 0.525. The Kier molecular flexibility index (Phi) is 3.04. The van der Waals surface area contributed by atoms with Crippen molar-refractivity contribution in [3.8, 4) is 5.75 Å². The van der Waals surface area contributed by atoms with Gasteiger partial charge in [0.25, 0.3) is 0 Å². The fourth-order valence-electron chi connectivity index (χ4n) is 0.990. The van der Waals surface area contributed by atoms with Gasteiger partial charge in [-0.05, 0) is 25.5 Å². The van der Waals surface area contributed by atoms with E-state index in [9.17, 15) is 0 Å². The van der Waals surface area contributed by atoms with Gasteiger partial charge in [0.1, 0.15) is 5.75 Å². The lowest BCUT2D eigenvalue weighted by Gasteiger charge is -2.08. The minimum atomic E-state index is -2.30. The standard InChI is InChI=1S/C8H11O3P/c1-6-3-4-8(7(2)5-6)11-12(9)10/h3-5,9-10H,1-2H3. The molecule has 0 saturated heterocycles. The Bertz CT molecular complexity index is 273. The molecular weight excluding hydrogens is 175 g/mol. The molecule has 0 heterocycles. The molecule has 0 aromatic heterocycles. The van der Waals surface area contributed by atoms with Crippen LogP contribution in [0.15, 0.2) is 18.2 Å². The maximum Gasteiger partial charge on any atom is 0.391 e. The molecule has 3 nitrogen and oxygen atoms in total. The first kappa shape index (κ1) is 9.46. The second-order valence-corrected chi connectivity index (χ2v) is 3.30. The summed E-state index contributed by atoms with van der Waals surface area (Å²) in [5.41, 5.74) is 2.03. The fraction of sp³-hybridized carbons (Fsp3) is 0.250. The molecule has 2 N–H and O–H groups in total. The Morgan fingerprint density at radius 3 is 2.42 bits per heavy atom. The van der Waals surface area contributed by atoms with Gasteiger partial charge in [-0.15, -0.1) is 0 Å². The van der Waals surface area contributed by atoms with Gasteiger partial charge in [-0.1, -0.05) is 17.7 Å². The Labute approximate surface area is 72.6 Å². The first-order valence-corrected chi connectivity index (χ1v) is 4.69. The largest absolute Gasteiger partial charge is 0.427 e. The van der Waals surface area contributed by atoms with E-state index in [4.69, 9.17) is 14.3 Å². The van der Waals surface area contributed by atoms with E-state index in [1.165, 1.54) is 0 Å². The molecule has 66 valence electrons. The predicted octanol–water partition coefficient (Wildman–Crippen LogP) is 1.89.